The molecule has 0 saturated carbocycles. The molecular weight excluding hydrogens is 211 g/mol. The fourth-order valence-corrected chi connectivity index (χ4v) is 1.87. The molecule has 2 nitrogen and oxygen atoms in total. The maximum absolute atomic E-state index is 12.5. The monoisotopic (exact) mass is 220 g/mol. The predicted molar refractivity (Wildman–Crippen MR) is 58.0 cm³/mol. The minimum absolute atomic E-state index is 0.400. The minimum Gasteiger partial charge on any atom is -0.237 e. The largest absolute Gasteiger partial charge is 0.237 e. The van der Waals surface area contributed by atoms with Crippen LogP contribution >= 0.6 is 11.8 Å². The molecule has 0 saturated heterocycles. The van der Waals surface area contributed by atoms with E-state index in [1.165, 1.54) is 12.4 Å². The average molecular weight is 220 g/mol. The molecule has 0 radical (unpaired) electrons. The zero-order valence-corrected chi connectivity index (χ0v) is 8.75. The van der Waals surface area contributed by atoms with E-state index in [1.807, 2.05) is 30.3 Å². The lowest BCUT2D eigenvalue weighted by Crippen LogP contribution is -1.92. The summed E-state index contributed by atoms with van der Waals surface area (Å²) in [6.45, 7) is 0. The van der Waals surface area contributed by atoms with Crippen molar-refractivity contribution < 1.29 is 4.39 Å². The summed E-state index contributed by atoms with van der Waals surface area (Å²) < 4.78 is 12.5. The summed E-state index contributed by atoms with van der Waals surface area (Å²) in [5.74, 6) is 0.901. The molecular formula is C11H9FN2S. The molecule has 0 aliphatic heterocycles. The Kier molecular flexibility index (Phi) is 3.29. The molecule has 2 rings (SSSR count). The first-order valence-corrected chi connectivity index (χ1v) is 5.47. The van der Waals surface area contributed by atoms with Crippen molar-refractivity contribution in [2.45, 2.75) is 10.6 Å². The van der Waals surface area contributed by atoms with Crippen LogP contribution in [0.1, 0.15) is 5.82 Å². The minimum atomic E-state index is -0.400. The molecule has 2 aromatic rings. The predicted octanol–water partition coefficient (Wildman–Crippen LogP) is 2.91. The van der Waals surface area contributed by atoms with Crippen LogP contribution in [-0.4, -0.2) is 9.97 Å². The molecule has 0 N–H and O–H groups in total. The lowest BCUT2D eigenvalue weighted by molar-refractivity contribution is 0.610. The lowest BCUT2D eigenvalue weighted by Gasteiger charge is -1.99. The second kappa shape index (κ2) is 4.89. The number of nitrogens with zero attached hydrogens (tertiary/aromatic N) is 2. The quantitative estimate of drug-likeness (QED) is 0.744. The maximum atomic E-state index is 12.5. The highest BCUT2D eigenvalue weighted by atomic mass is 32.2. The van der Waals surface area contributed by atoms with Gasteiger partial charge in [0.05, 0.1) is 18.1 Å². The molecule has 0 atom stereocenters. The summed E-state index contributed by atoms with van der Waals surface area (Å²) in [5.41, 5.74) is 0. The highest BCUT2D eigenvalue weighted by Gasteiger charge is 1.98. The first-order valence-electron chi connectivity index (χ1n) is 4.49. The highest BCUT2D eigenvalue weighted by Crippen LogP contribution is 2.20. The van der Waals surface area contributed by atoms with Gasteiger partial charge in [0, 0.05) is 4.90 Å². The van der Waals surface area contributed by atoms with Crippen LogP contribution in [0.5, 0.6) is 0 Å². The van der Waals surface area contributed by atoms with E-state index in [1.54, 1.807) is 11.8 Å². The van der Waals surface area contributed by atoms with E-state index in [0.717, 1.165) is 4.90 Å². The van der Waals surface area contributed by atoms with Gasteiger partial charge in [-0.1, -0.05) is 18.2 Å². The first-order chi connectivity index (χ1) is 7.34. The third-order valence-corrected chi connectivity index (χ3v) is 2.79. The van der Waals surface area contributed by atoms with Gasteiger partial charge < -0.3 is 0 Å². The van der Waals surface area contributed by atoms with Crippen molar-refractivity contribution in [3.8, 4) is 0 Å². The van der Waals surface area contributed by atoms with Gasteiger partial charge in [-0.2, -0.15) is 0 Å². The zero-order valence-electron chi connectivity index (χ0n) is 7.93. The van der Waals surface area contributed by atoms with Crippen molar-refractivity contribution in [3.05, 3.63) is 54.4 Å². The normalized spacial score (nSPS) is 10.2. The van der Waals surface area contributed by atoms with Crippen LogP contribution in [0.3, 0.4) is 0 Å². The van der Waals surface area contributed by atoms with Gasteiger partial charge in [0.25, 0.3) is 0 Å². The van der Waals surface area contributed by atoms with Crippen molar-refractivity contribution in [2.24, 2.45) is 0 Å². The van der Waals surface area contributed by atoms with Crippen molar-refractivity contribution in [3.63, 3.8) is 0 Å². The second-order valence-corrected chi connectivity index (χ2v) is 3.97. The van der Waals surface area contributed by atoms with E-state index < -0.39 is 5.82 Å². The lowest BCUT2D eigenvalue weighted by atomic mass is 10.4. The third kappa shape index (κ3) is 3.02. The van der Waals surface area contributed by atoms with Crippen LogP contribution in [0.4, 0.5) is 4.39 Å². The molecule has 1 heterocycles. The van der Waals surface area contributed by atoms with Crippen LogP contribution in [-0.2, 0) is 5.75 Å². The van der Waals surface area contributed by atoms with Gasteiger partial charge in [0.1, 0.15) is 5.82 Å². The summed E-state index contributed by atoms with van der Waals surface area (Å²) in [6.07, 6.45) is 2.38. The molecule has 76 valence electrons. The van der Waals surface area contributed by atoms with E-state index >= 15 is 0 Å². The number of aromatic nitrogens is 2. The summed E-state index contributed by atoms with van der Waals surface area (Å²) in [5, 5.41) is 0. The van der Waals surface area contributed by atoms with Gasteiger partial charge in [-0.3, -0.25) is 0 Å². The molecule has 0 bridgehead atoms. The highest BCUT2D eigenvalue weighted by molar-refractivity contribution is 7.98. The summed E-state index contributed by atoms with van der Waals surface area (Å²) in [4.78, 5) is 8.93. The van der Waals surface area contributed by atoms with Gasteiger partial charge in [-0.15, -0.1) is 11.8 Å². The van der Waals surface area contributed by atoms with Crippen molar-refractivity contribution in [1.29, 1.82) is 0 Å². The molecule has 4 heteroatoms. The van der Waals surface area contributed by atoms with Crippen LogP contribution in [0.15, 0.2) is 47.6 Å². The smallest absolute Gasteiger partial charge is 0.159 e. The number of hydrogen-bond donors (Lipinski definition) is 0. The van der Waals surface area contributed by atoms with E-state index in [2.05, 4.69) is 9.97 Å². The Morgan fingerprint density at radius 3 is 2.40 bits per heavy atom. The van der Waals surface area contributed by atoms with Crippen LogP contribution in [0.25, 0.3) is 0 Å². The Bertz CT molecular complexity index is 416. The molecule has 0 aliphatic rings. The Balaban J connectivity index is 1.96. The van der Waals surface area contributed by atoms with Gasteiger partial charge >= 0.3 is 0 Å². The number of rotatable bonds is 3. The van der Waals surface area contributed by atoms with Gasteiger partial charge in [0.15, 0.2) is 5.82 Å². The van der Waals surface area contributed by atoms with E-state index in [0.29, 0.717) is 11.6 Å². The molecule has 0 unspecified atom stereocenters. The Morgan fingerprint density at radius 1 is 1.07 bits per heavy atom. The summed E-state index contributed by atoms with van der Waals surface area (Å²) in [7, 11) is 0. The number of thioether (sulfide) groups is 1. The molecule has 0 amide bonds. The van der Waals surface area contributed by atoms with E-state index in [4.69, 9.17) is 0 Å². The number of benzene rings is 1. The van der Waals surface area contributed by atoms with Gasteiger partial charge in [0.2, 0.25) is 0 Å². The summed E-state index contributed by atoms with van der Waals surface area (Å²) >= 11 is 1.63. The fourth-order valence-electron chi connectivity index (χ4n) is 1.08. The number of halogens is 1. The Hall–Kier alpha value is -1.42. The maximum Gasteiger partial charge on any atom is 0.159 e. The van der Waals surface area contributed by atoms with Crippen molar-refractivity contribution >= 4 is 11.8 Å². The molecule has 1 aromatic heterocycles. The van der Waals surface area contributed by atoms with Crippen LogP contribution < -0.4 is 0 Å². The van der Waals surface area contributed by atoms with Crippen LogP contribution in [0, 0.1) is 5.82 Å². The first kappa shape index (κ1) is 10.1. The molecule has 0 spiro atoms. The molecule has 0 aliphatic carbocycles. The van der Waals surface area contributed by atoms with E-state index in [9.17, 15) is 4.39 Å². The second-order valence-electron chi connectivity index (χ2n) is 2.92. The average Bonchev–Trinajstić information content (AvgIpc) is 2.30. The molecule has 0 fully saturated rings. The Labute approximate surface area is 91.6 Å². The van der Waals surface area contributed by atoms with Crippen molar-refractivity contribution in [1.82, 2.24) is 9.97 Å². The van der Waals surface area contributed by atoms with Gasteiger partial charge in [-0.25, -0.2) is 14.4 Å². The Morgan fingerprint density at radius 2 is 1.73 bits per heavy atom. The summed E-state index contributed by atoms with van der Waals surface area (Å²) in [6, 6.07) is 9.97. The molecule has 15 heavy (non-hydrogen) atoms. The third-order valence-electron chi connectivity index (χ3n) is 1.78. The van der Waals surface area contributed by atoms with Gasteiger partial charge in [-0.05, 0) is 12.1 Å². The van der Waals surface area contributed by atoms with Crippen LogP contribution in [0.2, 0.25) is 0 Å². The van der Waals surface area contributed by atoms with Crippen molar-refractivity contribution in [2.75, 3.05) is 0 Å². The standard InChI is InChI=1S/C11H9FN2S/c12-9-6-13-11(14-7-9)8-15-10-4-2-1-3-5-10/h1-7H,8H2. The van der Waals surface area contributed by atoms with E-state index in [-0.39, 0.29) is 0 Å². The molecule has 1 aromatic carbocycles. The zero-order chi connectivity index (χ0) is 10.5. The number of hydrogen-bond acceptors (Lipinski definition) is 3. The SMILES string of the molecule is Fc1cnc(CSc2ccccc2)nc1. The topological polar surface area (TPSA) is 25.8 Å². The fraction of sp³-hybridized carbons (Fsp3) is 0.0909.